The van der Waals surface area contributed by atoms with Crippen molar-refractivity contribution in [3.05, 3.63) is 16.6 Å². The van der Waals surface area contributed by atoms with Crippen molar-refractivity contribution in [1.29, 1.82) is 0 Å². The van der Waals surface area contributed by atoms with Crippen molar-refractivity contribution in [3.8, 4) is 5.75 Å². The summed E-state index contributed by atoms with van der Waals surface area (Å²) in [4.78, 5) is 0. The zero-order valence-electron chi connectivity index (χ0n) is 8.27. The molecule has 0 aliphatic heterocycles. The normalized spacial score (nSPS) is 15.9. The zero-order chi connectivity index (χ0) is 10.4. The first-order valence-corrected chi connectivity index (χ1v) is 5.68. The Bertz CT molecular complexity index is 519. The first-order chi connectivity index (χ1) is 7.31. The number of benzene rings is 1. The number of aromatic nitrogens is 3. The Hall–Kier alpha value is -1.10. The van der Waals surface area contributed by atoms with Gasteiger partial charge in [-0.15, -0.1) is 5.10 Å². The number of halogens is 1. The molecule has 1 aliphatic carbocycles. The van der Waals surface area contributed by atoms with Crippen molar-refractivity contribution in [1.82, 2.24) is 15.0 Å². The molecular formula is C10H10BrN3O. The molecular weight excluding hydrogens is 258 g/mol. The maximum absolute atomic E-state index is 5.26. The summed E-state index contributed by atoms with van der Waals surface area (Å²) >= 11 is 3.53. The van der Waals surface area contributed by atoms with Gasteiger partial charge in [0.2, 0.25) is 0 Å². The van der Waals surface area contributed by atoms with Crippen LogP contribution in [0, 0.1) is 0 Å². The number of hydrogen-bond donors (Lipinski definition) is 0. The fourth-order valence-corrected chi connectivity index (χ4v) is 2.23. The highest BCUT2D eigenvalue weighted by Crippen LogP contribution is 2.39. The number of methoxy groups -OCH3 is 1. The summed E-state index contributed by atoms with van der Waals surface area (Å²) in [5, 5.41) is 8.35. The zero-order valence-corrected chi connectivity index (χ0v) is 9.86. The maximum atomic E-state index is 5.26. The van der Waals surface area contributed by atoms with E-state index in [0.717, 1.165) is 21.3 Å². The molecule has 1 heterocycles. The number of fused-ring (bicyclic) bond motifs is 1. The summed E-state index contributed by atoms with van der Waals surface area (Å²) in [7, 11) is 1.65. The average Bonchev–Trinajstić information content (AvgIpc) is 2.99. The van der Waals surface area contributed by atoms with Crippen LogP contribution < -0.4 is 4.74 Å². The molecule has 0 radical (unpaired) electrons. The average molecular weight is 268 g/mol. The largest absolute Gasteiger partial charge is 0.494 e. The van der Waals surface area contributed by atoms with Gasteiger partial charge in [-0.2, -0.15) is 0 Å². The Morgan fingerprint density at radius 2 is 2.27 bits per heavy atom. The lowest BCUT2D eigenvalue weighted by atomic mass is 10.3. The van der Waals surface area contributed by atoms with Crippen LogP contribution in [-0.2, 0) is 0 Å². The van der Waals surface area contributed by atoms with Gasteiger partial charge in [0.15, 0.2) is 5.52 Å². The van der Waals surface area contributed by atoms with E-state index < -0.39 is 0 Å². The molecule has 1 fully saturated rings. The minimum atomic E-state index is 0.526. The summed E-state index contributed by atoms with van der Waals surface area (Å²) < 4.78 is 8.27. The molecule has 4 nitrogen and oxygen atoms in total. The molecule has 1 aliphatic rings. The van der Waals surface area contributed by atoms with Gasteiger partial charge in [-0.05, 0) is 40.9 Å². The van der Waals surface area contributed by atoms with Crippen molar-refractivity contribution >= 4 is 27.0 Å². The molecule has 0 atom stereocenters. The lowest BCUT2D eigenvalue weighted by Crippen LogP contribution is -1.96. The molecule has 0 N–H and O–H groups in total. The second-order valence-electron chi connectivity index (χ2n) is 3.71. The second-order valence-corrected chi connectivity index (χ2v) is 4.57. The van der Waals surface area contributed by atoms with Crippen LogP contribution in [0.5, 0.6) is 5.75 Å². The predicted molar refractivity (Wildman–Crippen MR) is 60.1 cm³/mol. The highest BCUT2D eigenvalue weighted by Gasteiger charge is 2.28. The minimum absolute atomic E-state index is 0.526. The van der Waals surface area contributed by atoms with Crippen molar-refractivity contribution in [2.45, 2.75) is 18.9 Å². The van der Waals surface area contributed by atoms with Crippen LogP contribution in [0.15, 0.2) is 16.6 Å². The van der Waals surface area contributed by atoms with Gasteiger partial charge >= 0.3 is 0 Å². The van der Waals surface area contributed by atoms with E-state index in [2.05, 4.69) is 26.2 Å². The van der Waals surface area contributed by atoms with Gasteiger partial charge < -0.3 is 4.74 Å². The van der Waals surface area contributed by atoms with E-state index in [1.165, 1.54) is 12.8 Å². The van der Waals surface area contributed by atoms with Crippen LogP contribution >= 0.6 is 15.9 Å². The number of rotatable bonds is 2. The van der Waals surface area contributed by atoms with E-state index in [1.807, 2.05) is 16.8 Å². The van der Waals surface area contributed by atoms with Gasteiger partial charge in [0.1, 0.15) is 11.3 Å². The summed E-state index contributed by atoms with van der Waals surface area (Å²) in [6, 6.07) is 4.40. The van der Waals surface area contributed by atoms with Crippen LogP contribution in [-0.4, -0.2) is 22.1 Å². The number of nitrogens with zero attached hydrogens (tertiary/aromatic N) is 3. The molecule has 1 saturated carbocycles. The topological polar surface area (TPSA) is 39.9 Å². The fraction of sp³-hybridized carbons (Fsp3) is 0.400. The fourth-order valence-electron chi connectivity index (χ4n) is 1.73. The Kier molecular flexibility index (Phi) is 1.95. The monoisotopic (exact) mass is 267 g/mol. The van der Waals surface area contributed by atoms with E-state index in [-0.39, 0.29) is 0 Å². The van der Waals surface area contributed by atoms with Gasteiger partial charge in [-0.3, -0.25) is 0 Å². The minimum Gasteiger partial charge on any atom is -0.494 e. The van der Waals surface area contributed by atoms with Crippen molar-refractivity contribution < 1.29 is 4.74 Å². The summed E-state index contributed by atoms with van der Waals surface area (Å²) in [5.41, 5.74) is 1.87. The van der Waals surface area contributed by atoms with Gasteiger partial charge in [0.25, 0.3) is 0 Å². The molecule has 2 aromatic rings. The highest BCUT2D eigenvalue weighted by molar-refractivity contribution is 9.10. The predicted octanol–water partition coefficient (Wildman–Crippen LogP) is 2.54. The Balaban J connectivity index is 2.31. The van der Waals surface area contributed by atoms with E-state index in [1.54, 1.807) is 7.11 Å². The summed E-state index contributed by atoms with van der Waals surface area (Å²) in [6.45, 7) is 0. The molecule has 78 valence electrons. The van der Waals surface area contributed by atoms with Gasteiger partial charge in [0, 0.05) is 4.47 Å². The van der Waals surface area contributed by atoms with E-state index in [4.69, 9.17) is 4.74 Å². The lowest BCUT2D eigenvalue weighted by Gasteiger charge is -2.03. The van der Waals surface area contributed by atoms with Crippen LogP contribution in [0.3, 0.4) is 0 Å². The Morgan fingerprint density at radius 1 is 1.47 bits per heavy atom. The first-order valence-electron chi connectivity index (χ1n) is 4.88. The standard InChI is InChI=1S/C10H10BrN3O/c1-15-8-5-4-7(11)10-9(8)12-13-14(10)6-2-3-6/h4-6H,2-3H2,1H3. The third-order valence-electron chi connectivity index (χ3n) is 2.65. The SMILES string of the molecule is COc1ccc(Br)c2c1nnn2C1CC1. The summed E-state index contributed by atoms with van der Waals surface area (Å²) in [6.07, 6.45) is 2.39. The molecule has 0 spiro atoms. The molecule has 15 heavy (non-hydrogen) atoms. The van der Waals surface area contributed by atoms with E-state index in [0.29, 0.717) is 6.04 Å². The van der Waals surface area contributed by atoms with Crippen LogP contribution in [0.4, 0.5) is 0 Å². The van der Waals surface area contributed by atoms with Crippen LogP contribution in [0.2, 0.25) is 0 Å². The molecule has 3 rings (SSSR count). The molecule has 1 aromatic heterocycles. The first kappa shape index (κ1) is 9.15. The Morgan fingerprint density at radius 3 is 2.93 bits per heavy atom. The molecule has 0 amide bonds. The highest BCUT2D eigenvalue weighted by atomic mass is 79.9. The van der Waals surface area contributed by atoms with Crippen molar-refractivity contribution in [3.63, 3.8) is 0 Å². The molecule has 0 saturated heterocycles. The maximum Gasteiger partial charge on any atom is 0.156 e. The molecule has 1 aromatic carbocycles. The van der Waals surface area contributed by atoms with Crippen LogP contribution in [0.1, 0.15) is 18.9 Å². The molecule has 0 bridgehead atoms. The number of hydrogen-bond acceptors (Lipinski definition) is 3. The van der Waals surface area contributed by atoms with Crippen molar-refractivity contribution in [2.75, 3.05) is 7.11 Å². The lowest BCUT2D eigenvalue weighted by molar-refractivity contribution is 0.418. The number of ether oxygens (including phenoxy) is 1. The smallest absolute Gasteiger partial charge is 0.156 e. The van der Waals surface area contributed by atoms with Crippen LogP contribution in [0.25, 0.3) is 11.0 Å². The second kappa shape index (κ2) is 3.20. The third-order valence-corrected chi connectivity index (χ3v) is 3.29. The van der Waals surface area contributed by atoms with Crippen molar-refractivity contribution in [2.24, 2.45) is 0 Å². The van der Waals surface area contributed by atoms with Gasteiger partial charge in [-0.25, -0.2) is 4.68 Å². The van der Waals surface area contributed by atoms with E-state index in [9.17, 15) is 0 Å². The molecule has 5 heteroatoms. The van der Waals surface area contributed by atoms with Gasteiger partial charge in [-0.1, -0.05) is 5.21 Å². The van der Waals surface area contributed by atoms with Gasteiger partial charge in [0.05, 0.1) is 13.2 Å². The Labute approximate surface area is 95.3 Å². The third kappa shape index (κ3) is 1.33. The summed E-state index contributed by atoms with van der Waals surface area (Å²) in [5.74, 6) is 0.778. The molecule has 0 unspecified atom stereocenters. The van der Waals surface area contributed by atoms with E-state index >= 15 is 0 Å². The quantitative estimate of drug-likeness (QED) is 0.840.